The molecule has 0 aliphatic rings. The summed E-state index contributed by atoms with van der Waals surface area (Å²) in [5.74, 6) is 0. The van der Waals surface area contributed by atoms with Crippen molar-refractivity contribution >= 4 is 6.21 Å². The third-order valence-electron chi connectivity index (χ3n) is 0.258. The fourth-order valence-corrected chi connectivity index (χ4v) is 0. The Morgan fingerprint density at radius 1 is 1.43 bits per heavy atom. The molecule has 0 aliphatic heterocycles. The van der Waals surface area contributed by atoms with Gasteiger partial charge in [0.2, 0.25) is 0 Å². The maximum Gasteiger partial charge on any atom is 0.0273 e. The van der Waals surface area contributed by atoms with E-state index in [1.54, 1.807) is 13.3 Å². The Labute approximate surface area is 46.5 Å². The Morgan fingerprint density at radius 2 is 1.57 bits per heavy atom. The fraction of sp³-hybridized carbons (Fsp3) is 0.833. The Bertz CT molecular complexity index is 27.2. The number of hydrogen-bond donors (Lipinski definition) is 0. The molecule has 0 aromatic carbocycles. The molecule has 0 aromatic heterocycles. The molecular weight excluding hydrogens is 86.1 g/mol. The highest BCUT2D eigenvalue weighted by Crippen LogP contribution is 1.56. The van der Waals surface area contributed by atoms with Crippen molar-refractivity contribution in [3.8, 4) is 0 Å². The highest BCUT2D eigenvalue weighted by atomic mass is 14.6. The van der Waals surface area contributed by atoms with Gasteiger partial charge in [0.1, 0.15) is 0 Å². The van der Waals surface area contributed by atoms with E-state index in [1.165, 1.54) is 6.42 Å². The minimum Gasteiger partial charge on any atom is -0.301 e. The number of nitrogens with zero attached hydrogens (tertiary/aromatic N) is 1. The van der Waals surface area contributed by atoms with Gasteiger partial charge in [0.05, 0.1) is 0 Å². The van der Waals surface area contributed by atoms with Gasteiger partial charge in [-0.15, -0.1) is 0 Å². The smallest absolute Gasteiger partial charge is 0.0273 e. The third kappa shape index (κ3) is 170. The van der Waals surface area contributed by atoms with Crippen LogP contribution in [-0.2, 0) is 0 Å². The lowest BCUT2D eigenvalue weighted by Crippen LogP contribution is -1.47. The predicted octanol–water partition coefficient (Wildman–Crippen LogP) is 2.12. The molecule has 0 fully saturated rings. The minimum atomic E-state index is 1.25. The molecule has 1 nitrogen and oxygen atoms in total. The van der Waals surface area contributed by atoms with Crippen LogP contribution in [0.1, 0.15) is 27.2 Å². The molecular formula is C6H15N. The van der Waals surface area contributed by atoms with E-state index in [-0.39, 0.29) is 0 Å². The van der Waals surface area contributed by atoms with E-state index in [4.69, 9.17) is 0 Å². The molecule has 0 aromatic rings. The Morgan fingerprint density at radius 3 is 1.57 bits per heavy atom. The van der Waals surface area contributed by atoms with Crippen LogP contribution in [0.15, 0.2) is 4.99 Å². The van der Waals surface area contributed by atoms with Crippen molar-refractivity contribution in [2.75, 3.05) is 7.05 Å². The van der Waals surface area contributed by atoms with Gasteiger partial charge < -0.3 is 4.99 Å². The van der Waals surface area contributed by atoms with Crippen LogP contribution in [-0.4, -0.2) is 13.3 Å². The maximum absolute atomic E-state index is 3.61. The lowest BCUT2D eigenvalue weighted by molar-refractivity contribution is 1.09. The molecule has 0 bridgehead atoms. The van der Waals surface area contributed by atoms with E-state index in [9.17, 15) is 0 Å². The molecule has 0 spiro atoms. The van der Waals surface area contributed by atoms with E-state index in [0.717, 1.165) is 0 Å². The summed E-state index contributed by atoms with van der Waals surface area (Å²) >= 11 is 0. The van der Waals surface area contributed by atoms with Gasteiger partial charge in [-0.2, -0.15) is 0 Å². The molecule has 1 heteroatoms. The van der Waals surface area contributed by atoms with Crippen molar-refractivity contribution in [2.24, 2.45) is 4.99 Å². The van der Waals surface area contributed by atoms with E-state index < -0.39 is 0 Å². The van der Waals surface area contributed by atoms with Crippen molar-refractivity contribution in [3.05, 3.63) is 0 Å². The largest absolute Gasteiger partial charge is 0.301 e. The SMILES string of the molecule is CC=NC.CCC. The Kier molecular flexibility index (Phi) is 24.4. The molecule has 44 valence electrons. The second-order valence-electron chi connectivity index (χ2n) is 1.22. The molecule has 0 amide bonds. The molecule has 0 N–H and O–H groups in total. The van der Waals surface area contributed by atoms with E-state index in [1.807, 2.05) is 6.92 Å². The highest BCUT2D eigenvalue weighted by Gasteiger charge is 1.35. The summed E-state index contributed by atoms with van der Waals surface area (Å²) in [6.07, 6.45) is 3.00. The maximum atomic E-state index is 3.61. The number of aliphatic imine (C=N–C) groups is 1. The molecule has 0 saturated heterocycles. The first kappa shape index (κ1) is 9.83. The predicted molar refractivity (Wildman–Crippen MR) is 36.1 cm³/mol. The van der Waals surface area contributed by atoms with Gasteiger partial charge >= 0.3 is 0 Å². The summed E-state index contributed by atoms with van der Waals surface area (Å²) < 4.78 is 0. The Balaban J connectivity index is 0. The molecule has 0 heterocycles. The molecule has 0 rings (SSSR count). The van der Waals surface area contributed by atoms with E-state index >= 15 is 0 Å². The van der Waals surface area contributed by atoms with Gasteiger partial charge in [-0.05, 0) is 13.1 Å². The molecule has 0 saturated carbocycles. The standard InChI is InChI=1S/C3H7N.C3H8/c1-3-4-2;1-3-2/h3H,1-2H3;3H2,1-2H3. The van der Waals surface area contributed by atoms with Crippen molar-refractivity contribution < 1.29 is 0 Å². The first-order chi connectivity index (χ1) is 3.33. The van der Waals surface area contributed by atoms with Crippen LogP contribution < -0.4 is 0 Å². The van der Waals surface area contributed by atoms with Crippen LogP contribution in [0.2, 0.25) is 0 Å². The normalized spacial score (nSPS) is 8.00. The highest BCUT2D eigenvalue weighted by molar-refractivity contribution is 5.52. The van der Waals surface area contributed by atoms with Crippen molar-refractivity contribution in [3.63, 3.8) is 0 Å². The summed E-state index contributed by atoms with van der Waals surface area (Å²) in [6, 6.07) is 0. The summed E-state index contributed by atoms with van der Waals surface area (Å²) in [5, 5.41) is 0. The van der Waals surface area contributed by atoms with E-state index in [0.29, 0.717) is 0 Å². The zero-order chi connectivity index (χ0) is 6.12. The third-order valence-corrected chi connectivity index (χ3v) is 0.258. The second-order valence-corrected chi connectivity index (χ2v) is 1.22. The van der Waals surface area contributed by atoms with Crippen molar-refractivity contribution in [2.45, 2.75) is 27.2 Å². The lowest BCUT2D eigenvalue weighted by Gasteiger charge is -1.53. The van der Waals surface area contributed by atoms with Gasteiger partial charge in [-0.1, -0.05) is 20.3 Å². The van der Waals surface area contributed by atoms with Crippen molar-refractivity contribution in [1.82, 2.24) is 0 Å². The van der Waals surface area contributed by atoms with Crippen LogP contribution in [0.5, 0.6) is 0 Å². The lowest BCUT2D eigenvalue weighted by atomic mass is 10.6. The average Bonchev–Trinajstić information content (AvgIpc) is 1.69. The van der Waals surface area contributed by atoms with Crippen LogP contribution in [0.25, 0.3) is 0 Å². The molecule has 0 aliphatic carbocycles. The number of hydrogen-bond acceptors (Lipinski definition) is 1. The molecule has 0 radical (unpaired) electrons. The summed E-state index contributed by atoms with van der Waals surface area (Å²) in [5.41, 5.74) is 0. The monoisotopic (exact) mass is 101 g/mol. The van der Waals surface area contributed by atoms with Crippen molar-refractivity contribution in [1.29, 1.82) is 0 Å². The van der Waals surface area contributed by atoms with Crippen LogP contribution in [0, 0.1) is 0 Å². The molecule has 7 heavy (non-hydrogen) atoms. The summed E-state index contributed by atoms with van der Waals surface area (Å²) in [7, 11) is 1.75. The molecule has 0 unspecified atom stereocenters. The fourth-order valence-electron chi connectivity index (χ4n) is 0. The zero-order valence-corrected chi connectivity index (χ0v) is 5.73. The van der Waals surface area contributed by atoms with E-state index in [2.05, 4.69) is 18.8 Å². The van der Waals surface area contributed by atoms with Gasteiger partial charge in [0.25, 0.3) is 0 Å². The van der Waals surface area contributed by atoms with Gasteiger partial charge in [0, 0.05) is 7.05 Å². The number of rotatable bonds is 0. The van der Waals surface area contributed by atoms with Gasteiger partial charge in [0.15, 0.2) is 0 Å². The van der Waals surface area contributed by atoms with Crippen LogP contribution in [0.3, 0.4) is 0 Å². The first-order valence-electron chi connectivity index (χ1n) is 2.70. The van der Waals surface area contributed by atoms with Gasteiger partial charge in [-0.3, -0.25) is 0 Å². The second kappa shape index (κ2) is 17.3. The topological polar surface area (TPSA) is 12.4 Å². The van der Waals surface area contributed by atoms with Gasteiger partial charge in [-0.25, -0.2) is 0 Å². The van der Waals surface area contributed by atoms with Crippen LogP contribution in [0.4, 0.5) is 0 Å². The average molecular weight is 101 g/mol. The van der Waals surface area contributed by atoms with Crippen LogP contribution >= 0.6 is 0 Å². The quantitative estimate of drug-likeness (QED) is 0.414. The molecule has 0 atom stereocenters. The zero-order valence-electron chi connectivity index (χ0n) is 5.73. The first-order valence-corrected chi connectivity index (χ1v) is 2.70. The summed E-state index contributed by atoms with van der Waals surface area (Å²) in [6.45, 7) is 6.14. The Hall–Kier alpha value is -0.330. The summed E-state index contributed by atoms with van der Waals surface area (Å²) in [4.78, 5) is 3.61. The minimum absolute atomic E-state index is 1.25.